The van der Waals surface area contributed by atoms with E-state index in [0.717, 1.165) is 19.3 Å². The molecule has 0 spiro atoms. The highest BCUT2D eigenvalue weighted by Crippen LogP contribution is 2.22. The minimum absolute atomic E-state index is 0.0805. The molecular weight excluding hydrogens is 362 g/mol. The van der Waals surface area contributed by atoms with Gasteiger partial charge in [-0.05, 0) is 39.5 Å². The second-order valence-electron chi connectivity index (χ2n) is 6.95. The predicted molar refractivity (Wildman–Crippen MR) is 111 cm³/mol. The fourth-order valence-electron chi connectivity index (χ4n) is 3.18. The molecule has 6 nitrogen and oxygen atoms in total. The van der Waals surface area contributed by atoms with E-state index in [-0.39, 0.29) is 11.9 Å². The van der Waals surface area contributed by atoms with Crippen LogP contribution in [-0.2, 0) is 22.9 Å². The summed E-state index contributed by atoms with van der Waals surface area (Å²) in [7, 11) is -2.61. The van der Waals surface area contributed by atoms with Gasteiger partial charge < -0.3 is 18.1 Å². The van der Waals surface area contributed by atoms with Gasteiger partial charge in [-0.15, -0.1) is 0 Å². The summed E-state index contributed by atoms with van der Waals surface area (Å²) in [5, 5.41) is 0. The number of carbonyl (C=O) groups is 1. The van der Waals surface area contributed by atoms with Gasteiger partial charge in [0.1, 0.15) is 0 Å². The minimum Gasteiger partial charge on any atom is -0.374 e. The van der Waals surface area contributed by atoms with Crippen LogP contribution >= 0.6 is 0 Å². The predicted octanol–water partition coefficient (Wildman–Crippen LogP) is 4.72. The number of hydroxylamine groups is 1. The van der Waals surface area contributed by atoms with Crippen LogP contribution in [0, 0.1) is 11.8 Å². The van der Waals surface area contributed by atoms with Crippen LogP contribution < -0.4 is 5.48 Å². The molecule has 2 unspecified atom stereocenters. The van der Waals surface area contributed by atoms with Gasteiger partial charge in [0.25, 0.3) is 0 Å². The normalized spacial score (nSPS) is 14.1. The zero-order chi connectivity index (χ0) is 20.5. The maximum Gasteiger partial charge on any atom is 0.500 e. The van der Waals surface area contributed by atoms with Crippen molar-refractivity contribution < 1.29 is 22.9 Å². The summed E-state index contributed by atoms with van der Waals surface area (Å²) in [5.74, 6) is 0.346. The molecule has 27 heavy (non-hydrogen) atoms. The van der Waals surface area contributed by atoms with E-state index in [9.17, 15) is 4.79 Å². The average Bonchev–Trinajstić information content (AvgIpc) is 2.65. The van der Waals surface area contributed by atoms with Crippen LogP contribution in [0.3, 0.4) is 0 Å². The molecule has 0 saturated carbocycles. The SMILES string of the molecule is CCCCC(CC)CC(C)C(=O)ONCCC[Si](OCC)(OCC)OCC. The van der Waals surface area contributed by atoms with Crippen LogP contribution in [-0.4, -0.2) is 41.1 Å². The number of hydrogen-bond acceptors (Lipinski definition) is 6. The second-order valence-corrected chi connectivity index (χ2v) is 9.69. The Labute approximate surface area is 168 Å². The molecule has 162 valence electrons. The summed E-state index contributed by atoms with van der Waals surface area (Å²) in [6.07, 6.45) is 6.39. The first-order valence-corrected chi connectivity index (χ1v) is 12.8. The highest BCUT2D eigenvalue weighted by Gasteiger charge is 2.39. The largest absolute Gasteiger partial charge is 0.500 e. The summed E-state index contributed by atoms with van der Waals surface area (Å²) in [4.78, 5) is 17.4. The van der Waals surface area contributed by atoms with Crippen molar-refractivity contribution in [1.29, 1.82) is 0 Å². The Morgan fingerprint density at radius 2 is 1.56 bits per heavy atom. The first-order chi connectivity index (χ1) is 13.0. The summed E-state index contributed by atoms with van der Waals surface area (Å²) in [6.45, 7) is 14.5. The van der Waals surface area contributed by atoms with Crippen molar-refractivity contribution in [1.82, 2.24) is 5.48 Å². The molecule has 0 bridgehead atoms. The van der Waals surface area contributed by atoms with E-state index < -0.39 is 8.80 Å². The molecule has 0 aromatic carbocycles. The highest BCUT2D eigenvalue weighted by atomic mass is 28.4. The van der Waals surface area contributed by atoms with Crippen molar-refractivity contribution in [2.24, 2.45) is 11.8 Å². The van der Waals surface area contributed by atoms with Crippen molar-refractivity contribution in [3.05, 3.63) is 0 Å². The van der Waals surface area contributed by atoms with Gasteiger partial charge in [0.15, 0.2) is 0 Å². The fourth-order valence-corrected chi connectivity index (χ4v) is 5.79. The molecule has 0 heterocycles. The Balaban J connectivity index is 4.20. The van der Waals surface area contributed by atoms with Crippen LogP contribution in [0.5, 0.6) is 0 Å². The highest BCUT2D eigenvalue weighted by molar-refractivity contribution is 6.60. The van der Waals surface area contributed by atoms with Gasteiger partial charge in [0.2, 0.25) is 0 Å². The first-order valence-electron chi connectivity index (χ1n) is 10.8. The van der Waals surface area contributed by atoms with Crippen LogP contribution in [0.2, 0.25) is 6.04 Å². The van der Waals surface area contributed by atoms with Crippen molar-refractivity contribution in [2.75, 3.05) is 26.4 Å². The monoisotopic (exact) mass is 405 g/mol. The van der Waals surface area contributed by atoms with Crippen molar-refractivity contribution in [2.45, 2.75) is 86.1 Å². The van der Waals surface area contributed by atoms with E-state index in [1.807, 2.05) is 27.7 Å². The van der Waals surface area contributed by atoms with Crippen molar-refractivity contribution >= 4 is 14.8 Å². The van der Waals surface area contributed by atoms with Crippen LogP contribution in [0.1, 0.15) is 80.1 Å². The number of rotatable bonds is 18. The van der Waals surface area contributed by atoms with Crippen LogP contribution in [0.15, 0.2) is 0 Å². The lowest BCUT2D eigenvalue weighted by Crippen LogP contribution is -2.46. The first kappa shape index (κ1) is 26.5. The smallest absolute Gasteiger partial charge is 0.374 e. The Morgan fingerprint density at radius 3 is 2.04 bits per heavy atom. The number of unbranched alkanes of at least 4 members (excludes halogenated alkanes) is 1. The third kappa shape index (κ3) is 11.9. The zero-order valence-electron chi connectivity index (χ0n) is 18.5. The molecule has 0 aromatic heterocycles. The molecule has 0 aliphatic rings. The van der Waals surface area contributed by atoms with E-state index in [1.54, 1.807) is 0 Å². The van der Waals surface area contributed by atoms with Gasteiger partial charge in [-0.2, -0.15) is 5.48 Å². The molecule has 7 heteroatoms. The van der Waals surface area contributed by atoms with Gasteiger partial charge in [0.05, 0.1) is 5.92 Å². The van der Waals surface area contributed by atoms with Crippen molar-refractivity contribution in [3.63, 3.8) is 0 Å². The number of nitrogens with one attached hydrogen (secondary N) is 1. The average molecular weight is 406 g/mol. The number of hydrogen-bond donors (Lipinski definition) is 1. The topological polar surface area (TPSA) is 66.0 Å². The lowest BCUT2D eigenvalue weighted by Gasteiger charge is -2.28. The molecule has 0 rings (SSSR count). The summed E-state index contributed by atoms with van der Waals surface area (Å²) in [5.41, 5.74) is 2.81. The summed E-state index contributed by atoms with van der Waals surface area (Å²) < 4.78 is 17.5. The molecular formula is C20H43NO5Si. The molecule has 0 radical (unpaired) electrons. The Bertz CT molecular complexity index is 353. The molecule has 0 amide bonds. The van der Waals surface area contributed by atoms with E-state index in [2.05, 4.69) is 19.3 Å². The van der Waals surface area contributed by atoms with E-state index >= 15 is 0 Å². The fraction of sp³-hybridized carbons (Fsp3) is 0.950. The third-order valence-corrected chi connectivity index (χ3v) is 7.81. The van der Waals surface area contributed by atoms with Gasteiger partial charge in [-0.1, -0.05) is 46.5 Å². The molecule has 2 atom stereocenters. The molecule has 0 aliphatic heterocycles. The zero-order valence-corrected chi connectivity index (χ0v) is 19.5. The van der Waals surface area contributed by atoms with Gasteiger partial charge in [-0.3, -0.25) is 4.79 Å². The lowest BCUT2D eigenvalue weighted by atomic mass is 9.89. The van der Waals surface area contributed by atoms with E-state index in [4.69, 9.17) is 18.1 Å². The molecule has 0 aromatic rings. The van der Waals surface area contributed by atoms with Crippen LogP contribution in [0.4, 0.5) is 0 Å². The maximum absolute atomic E-state index is 12.2. The van der Waals surface area contributed by atoms with Crippen LogP contribution in [0.25, 0.3) is 0 Å². The Kier molecular flexibility index (Phi) is 16.2. The Hall–Kier alpha value is -0.473. The summed E-state index contributed by atoms with van der Waals surface area (Å²) in [6, 6.07) is 0.706. The second kappa shape index (κ2) is 16.5. The minimum atomic E-state index is -2.61. The molecule has 0 fully saturated rings. The number of carbonyl (C=O) groups excluding carboxylic acids is 1. The lowest BCUT2D eigenvalue weighted by molar-refractivity contribution is -0.156. The van der Waals surface area contributed by atoms with Gasteiger partial charge >= 0.3 is 14.8 Å². The van der Waals surface area contributed by atoms with E-state index in [0.29, 0.717) is 38.3 Å². The van der Waals surface area contributed by atoms with E-state index in [1.165, 1.54) is 19.3 Å². The van der Waals surface area contributed by atoms with Crippen molar-refractivity contribution in [3.8, 4) is 0 Å². The Morgan fingerprint density at radius 1 is 0.963 bits per heavy atom. The quantitative estimate of drug-likeness (QED) is 0.202. The van der Waals surface area contributed by atoms with Gasteiger partial charge in [0, 0.05) is 32.4 Å². The molecule has 0 aliphatic carbocycles. The summed E-state index contributed by atoms with van der Waals surface area (Å²) >= 11 is 0. The molecule has 0 saturated heterocycles. The maximum atomic E-state index is 12.2. The third-order valence-electron chi connectivity index (χ3n) is 4.66. The van der Waals surface area contributed by atoms with Gasteiger partial charge in [-0.25, -0.2) is 0 Å². The molecule has 1 N–H and O–H groups in total. The standard InChI is InChI=1S/C20H43NO5Si/c1-7-12-14-19(8-2)17-18(6)20(22)26-21-15-13-16-27(23-9-3,24-10-4)25-11-5/h18-19,21H,7-17H2,1-6H3.